The molecular formula is C10H16N2O2S. The Hall–Kier alpha value is -0.910. The molecule has 0 saturated heterocycles. The molecule has 0 bridgehead atoms. The molecule has 4 nitrogen and oxygen atoms in total. The third kappa shape index (κ3) is 4.42. The van der Waals surface area contributed by atoms with Gasteiger partial charge in [0.1, 0.15) is 0 Å². The van der Waals surface area contributed by atoms with Gasteiger partial charge in [-0.3, -0.25) is 4.99 Å². The van der Waals surface area contributed by atoms with Crippen LogP contribution in [0, 0.1) is 0 Å². The second-order valence-electron chi connectivity index (χ2n) is 3.04. The summed E-state index contributed by atoms with van der Waals surface area (Å²) >= 11 is 1.66. The molecule has 0 unspecified atom stereocenters. The fraction of sp³-hybridized carbons (Fsp3) is 0.500. The zero-order valence-corrected chi connectivity index (χ0v) is 9.79. The average Bonchev–Trinajstić information content (AvgIpc) is 2.72. The van der Waals surface area contributed by atoms with Gasteiger partial charge in [0.2, 0.25) is 0 Å². The molecule has 1 heterocycles. The van der Waals surface area contributed by atoms with Crippen LogP contribution in [-0.2, 0) is 15.9 Å². The van der Waals surface area contributed by atoms with E-state index in [9.17, 15) is 0 Å². The number of nitrogens with two attached hydrogens (primary N) is 1. The molecule has 2 N–H and O–H groups in total. The van der Waals surface area contributed by atoms with Crippen molar-refractivity contribution < 1.29 is 9.47 Å². The van der Waals surface area contributed by atoms with Crippen molar-refractivity contribution >= 4 is 17.2 Å². The fourth-order valence-corrected chi connectivity index (χ4v) is 1.76. The van der Waals surface area contributed by atoms with Crippen LogP contribution in [0.5, 0.6) is 0 Å². The Morgan fingerprint density at radius 3 is 2.80 bits per heavy atom. The van der Waals surface area contributed by atoms with Crippen molar-refractivity contribution in [2.75, 3.05) is 20.8 Å². The van der Waals surface area contributed by atoms with Crippen LogP contribution < -0.4 is 5.73 Å². The van der Waals surface area contributed by atoms with Gasteiger partial charge in [-0.15, -0.1) is 0 Å². The standard InChI is InChI=1S/C10H16N2O2S/c1-13-10(14-2)6-12-9(11)5-8-3-4-15-7-8/h3-4,7,10H,5-6H2,1-2H3,(H2,11,12). The summed E-state index contributed by atoms with van der Waals surface area (Å²) in [5, 5.41) is 4.09. The second-order valence-corrected chi connectivity index (χ2v) is 3.82. The number of ether oxygens (including phenoxy) is 2. The molecule has 5 heteroatoms. The lowest BCUT2D eigenvalue weighted by Gasteiger charge is -2.10. The molecule has 0 aliphatic rings. The Balaban J connectivity index is 2.39. The Labute approximate surface area is 93.7 Å². The van der Waals surface area contributed by atoms with Gasteiger partial charge in [-0.05, 0) is 22.4 Å². The van der Waals surface area contributed by atoms with E-state index in [1.54, 1.807) is 25.6 Å². The zero-order valence-electron chi connectivity index (χ0n) is 8.97. The van der Waals surface area contributed by atoms with Crippen molar-refractivity contribution in [1.82, 2.24) is 0 Å². The van der Waals surface area contributed by atoms with Crippen molar-refractivity contribution in [1.29, 1.82) is 0 Å². The van der Waals surface area contributed by atoms with Gasteiger partial charge in [0, 0.05) is 20.6 Å². The lowest BCUT2D eigenvalue weighted by atomic mass is 10.2. The van der Waals surface area contributed by atoms with Gasteiger partial charge in [0.25, 0.3) is 0 Å². The number of amidine groups is 1. The van der Waals surface area contributed by atoms with E-state index in [1.165, 1.54) is 5.56 Å². The topological polar surface area (TPSA) is 56.8 Å². The van der Waals surface area contributed by atoms with Crippen molar-refractivity contribution in [3.63, 3.8) is 0 Å². The van der Waals surface area contributed by atoms with E-state index in [2.05, 4.69) is 10.4 Å². The van der Waals surface area contributed by atoms with Gasteiger partial charge in [0.05, 0.1) is 12.4 Å². The number of methoxy groups -OCH3 is 2. The average molecular weight is 228 g/mol. The molecule has 0 aliphatic heterocycles. The normalized spacial score (nSPS) is 12.3. The molecule has 0 saturated carbocycles. The van der Waals surface area contributed by atoms with Crippen LogP contribution in [0.1, 0.15) is 5.56 Å². The summed E-state index contributed by atoms with van der Waals surface area (Å²) in [6.45, 7) is 0.434. The van der Waals surface area contributed by atoms with Crippen LogP contribution in [0.2, 0.25) is 0 Å². The molecule has 0 fully saturated rings. The lowest BCUT2D eigenvalue weighted by molar-refractivity contribution is -0.0937. The highest BCUT2D eigenvalue weighted by molar-refractivity contribution is 7.07. The zero-order chi connectivity index (χ0) is 11.1. The first-order valence-corrected chi connectivity index (χ1v) is 5.56. The number of hydrogen-bond donors (Lipinski definition) is 1. The monoisotopic (exact) mass is 228 g/mol. The number of nitrogens with zero attached hydrogens (tertiary/aromatic N) is 1. The van der Waals surface area contributed by atoms with E-state index >= 15 is 0 Å². The van der Waals surface area contributed by atoms with Gasteiger partial charge in [-0.1, -0.05) is 0 Å². The van der Waals surface area contributed by atoms with E-state index in [1.807, 2.05) is 11.4 Å². The predicted octanol–water partition coefficient (Wildman–Crippen LogP) is 1.27. The summed E-state index contributed by atoms with van der Waals surface area (Å²) < 4.78 is 10.0. The van der Waals surface area contributed by atoms with E-state index in [0.717, 1.165) is 0 Å². The fourth-order valence-electron chi connectivity index (χ4n) is 1.10. The first-order valence-electron chi connectivity index (χ1n) is 4.61. The summed E-state index contributed by atoms with van der Waals surface area (Å²) in [7, 11) is 3.16. The molecule has 1 aromatic heterocycles. The molecule has 0 aromatic carbocycles. The third-order valence-corrected chi connectivity index (χ3v) is 2.67. The molecular weight excluding hydrogens is 212 g/mol. The predicted molar refractivity (Wildman–Crippen MR) is 62.3 cm³/mol. The molecule has 0 amide bonds. The Morgan fingerprint density at radius 2 is 2.27 bits per heavy atom. The van der Waals surface area contributed by atoms with Crippen LogP contribution in [0.3, 0.4) is 0 Å². The van der Waals surface area contributed by atoms with Crippen LogP contribution in [0.25, 0.3) is 0 Å². The summed E-state index contributed by atoms with van der Waals surface area (Å²) in [6.07, 6.45) is 0.370. The summed E-state index contributed by atoms with van der Waals surface area (Å²) in [4.78, 5) is 4.19. The van der Waals surface area contributed by atoms with E-state index in [-0.39, 0.29) is 6.29 Å². The highest BCUT2D eigenvalue weighted by Gasteiger charge is 2.03. The number of thiophene rings is 1. The van der Waals surface area contributed by atoms with Crippen LogP contribution in [0.15, 0.2) is 21.8 Å². The Bertz CT molecular complexity index is 294. The Morgan fingerprint density at radius 1 is 1.53 bits per heavy atom. The molecule has 1 rings (SSSR count). The number of aliphatic imine (C=N–C) groups is 1. The summed E-state index contributed by atoms with van der Waals surface area (Å²) in [6, 6.07) is 2.04. The lowest BCUT2D eigenvalue weighted by Crippen LogP contribution is -2.21. The van der Waals surface area contributed by atoms with Crippen molar-refractivity contribution in [3.8, 4) is 0 Å². The third-order valence-electron chi connectivity index (χ3n) is 1.93. The highest BCUT2D eigenvalue weighted by atomic mass is 32.1. The van der Waals surface area contributed by atoms with Gasteiger partial charge in [-0.25, -0.2) is 0 Å². The number of rotatable bonds is 6. The van der Waals surface area contributed by atoms with Crippen LogP contribution in [0.4, 0.5) is 0 Å². The minimum atomic E-state index is -0.314. The minimum Gasteiger partial charge on any atom is -0.387 e. The highest BCUT2D eigenvalue weighted by Crippen LogP contribution is 2.06. The quantitative estimate of drug-likeness (QED) is 0.453. The largest absolute Gasteiger partial charge is 0.387 e. The van der Waals surface area contributed by atoms with Crippen molar-refractivity contribution in [2.45, 2.75) is 12.7 Å². The van der Waals surface area contributed by atoms with Crippen LogP contribution in [-0.4, -0.2) is 32.9 Å². The van der Waals surface area contributed by atoms with Gasteiger partial charge in [0.15, 0.2) is 6.29 Å². The maximum atomic E-state index is 5.77. The molecule has 15 heavy (non-hydrogen) atoms. The first-order chi connectivity index (χ1) is 7.26. The number of hydrogen-bond acceptors (Lipinski definition) is 4. The van der Waals surface area contributed by atoms with Gasteiger partial charge < -0.3 is 15.2 Å². The maximum absolute atomic E-state index is 5.77. The van der Waals surface area contributed by atoms with E-state index in [0.29, 0.717) is 18.8 Å². The smallest absolute Gasteiger partial charge is 0.176 e. The minimum absolute atomic E-state index is 0.314. The molecule has 84 valence electrons. The molecule has 0 radical (unpaired) electrons. The summed E-state index contributed by atoms with van der Waals surface area (Å²) in [5.41, 5.74) is 6.95. The SMILES string of the molecule is COC(CN=C(N)Cc1ccsc1)OC. The van der Waals surface area contributed by atoms with Crippen LogP contribution >= 0.6 is 11.3 Å². The van der Waals surface area contributed by atoms with Gasteiger partial charge in [-0.2, -0.15) is 11.3 Å². The molecule has 0 spiro atoms. The van der Waals surface area contributed by atoms with Crippen molar-refractivity contribution in [2.24, 2.45) is 10.7 Å². The maximum Gasteiger partial charge on any atom is 0.176 e. The van der Waals surface area contributed by atoms with Gasteiger partial charge >= 0.3 is 0 Å². The van der Waals surface area contributed by atoms with Crippen molar-refractivity contribution in [3.05, 3.63) is 22.4 Å². The molecule has 0 atom stereocenters. The van der Waals surface area contributed by atoms with E-state index in [4.69, 9.17) is 15.2 Å². The second kappa shape index (κ2) is 6.55. The molecule has 0 aliphatic carbocycles. The van der Waals surface area contributed by atoms with E-state index < -0.39 is 0 Å². The molecule has 1 aromatic rings. The Kier molecular flexibility index (Phi) is 5.31. The first kappa shape index (κ1) is 12.2. The summed E-state index contributed by atoms with van der Waals surface area (Å²) in [5.74, 6) is 0.604.